The van der Waals surface area contributed by atoms with E-state index in [4.69, 9.17) is 9.47 Å². The summed E-state index contributed by atoms with van der Waals surface area (Å²) in [6, 6.07) is 9.70. The van der Waals surface area contributed by atoms with Crippen LogP contribution in [0.2, 0.25) is 0 Å². The first-order chi connectivity index (χ1) is 13.6. The molecule has 28 heavy (non-hydrogen) atoms. The number of hydrogen-bond donors (Lipinski definition) is 1. The van der Waals surface area contributed by atoms with Crippen molar-refractivity contribution >= 4 is 17.4 Å². The third-order valence-corrected chi connectivity index (χ3v) is 4.67. The van der Waals surface area contributed by atoms with Gasteiger partial charge in [0, 0.05) is 51.6 Å². The number of aryl methyl sites for hydroxylation is 1. The molecule has 2 aromatic rings. The quantitative estimate of drug-likeness (QED) is 0.728. The van der Waals surface area contributed by atoms with Crippen molar-refractivity contribution in [2.45, 2.75) is 6.92 Å². The van der Waals surface area contributed by atoms with Gasteiger partial charge < -0.3 is 24.6 Å². The molecule has 0 bridgehead atoms. The van der Waals surface area contributed by atoms with Crippen LogP contribution in [0.15, 0.2) is 30.3 Å². The van der Waals surface area contributed by atoms with Crippen LogP contribution in [0.3, 0.4) is 0 Å². The fourth-order valence-electron chi connectivity index (χ4n) is 3.17. The Bertz CT molecular complexity index is 789. The first-order valence-electron chi connectivity index (χ1n) is 9.37. The van der Waals surface area contributed by atoms with E-state index in [0.29, 0.717) is 43.6 Å². The Kier molecular flexibility index (Phi) is 6.65. The van der Waals surface area contributed by atoms with Gasteiger partial charge in [0.05, 0.1) is 13.7 Å². The number of benzene rings is 1. The molecular formula is C20H27N5O3. The summed E-state index contributed by atoms with van der Waals surface area (Å²) in [6.45, 7) is 5.85. The molecule has 1 aliphatic rings. The van der Waals surface area contributed by atoms with E-state index in [-0.39, 0.29) is 5.91 Å². The molecule has 1 fully saturated rings. The molecule has 1 aromatic heterocycles. The molecule has 0 saturated carbocycles. The van der Waals surface area contributed by atoms with Crippen LogP contribution in [0.4, 0.5) is 11.5 Å². The molecule has 0 atom stereocenters. The Labute approximate surface area is 165 Å². The maximum atomic E-state index is 12.9. The summed E-state index contributed by atoms with van der Waals surface area (Å²) in [7, 11) is 3.31. The van der Waals surface area contributed by atoms with E-state index < -0.39 is 0 Å². The summed E-state index contributed by atoms with van der Waals surface area (Å²) < 4.78 is 10.2. The predicted molar refractivity (Wildman–Crippen MR) is 108 cm³/mol. The molecule has 1 N–H and O–H groups in total. The normalized spacial score (nSPS) is 14.1. The molecular weight excluding hydrogens is 358 g/mol. The van der Waals surface area contributed by atoms with E-state index in [1.165, 1.54) is 0 Å². The van der Waals surface area contributed by atoms with Crippen LogP contribution >= 0.6 is 0 Å². The Hall–Kier alpha value is -2.87. The van der Waals surface area contributed by atoms with E-state index in [2.05, 4.69) is 20.2 Å². The number of anilines is 2. The molecule has 0 spiro atoms. The average molecular weight is 385 g/mol. The van der Waals surface area contributed by atoms with Crippen molar-refractivity contribution in [3.8, 4) is 5.75 Å². The molecule has 1 aliphatic heterocycles. The van der Waals surface area contributed by atoms with E-state index in [1.807, 2.05) is 29.2 Å². The standard InChI is InChI=1S/C20H27N5O3/c1-15-22-18(14-19(23-15)21-8-13-27-2)20(26)25-11-9-24(10-12-25)16-4-6-17(28-3)7-5-16/h4-7,14H,8-13H2,1-3H3,(H,21,22,23). The van der Waals surface area contributed by atoms with Crippen LogP contribution in [0.1, 0.15) is 16.3 Å². The number of nitrogens with one attached hydrogen (secondary N) is 1. The molecule has 8 heteroatoms. The SMILES string of the molecule is COCCNc1cc(C(=O)N2CCN(c3ccc(OC)cc3)CC2)nc(C)n1. The number of hydrogen-bond acceptors (Lipinski definition) is 7. The minimum absolute atomic E-state index is 0.0605. The zero-order valence-electron chi connectivity index (χ0n) is 16.6. The van der Waals surface area contributed by atoms with Crippen LogP contribution < -0.4 is 15.0 Å². The lowest BCUT2D eigenvalue weighted by Gasteiger charge is -2.36. The van der Waals surface area contributed by atoms with Gasteiger partial charge in [-0.15, -0.1) is 0 Å². The molecule has 1 amide bonds. The molecule has 1 saturated heterocycles. The number of carbonyl (C=O) groups is 1. The van der Waals surface area contributed by atoms with Crippen molar-refractivity contribution in [3.63, 3.8) is 0 Å². The average Bonchev–Trinajstić information content (AvgIpc) is 2.73. The van der Waals surface area contributed by atoms with Crippen molar-refractivity contribution < 1.29 is 14.3 Å². The van der Waals surface area contributed by atoms with E-state index in [9.17, 15) is 4.79 Å². The maximum Gasteiger partial charge on any atom is 0.272 e. The highest BCUT2D eigenvalue weighted by atomic mass is 16.5. The van der Waals surface area contributed by atoms with Crippen molar-refractivity contribution in [2.75, 3.05) is 63.8 Å². The third-order valence-electron chi connectivity index (χ3n) is 4.67. The van der Waals surface area contributed by atoms with Gasteiger partial charge in [0.25, 0.3) is 5.91 Å². The highest BCUT2D eigenvalue weighted by Crippen LogP contribution is 2.21. The van der Waals surface area contributed by atoms with Gasteiger partial charge in [0.15, 0.2) is 0 Å². The van der Waals surface area contributed by atoms with E-state index >= 15 is 0 Å². The summed E-state index contributed by atoms with van der Waals surface area (Å²) in [6.07, 6.45) is 0. The molecule has 8 nitrogen and oxygen atoms in total. The number of ether oxygens (including phenoxy) is 2. The molecule has 0 unspecified atom stereocenters. The second kappa shape index (κ2) is 9.36. The van der Waals surface area contributed by atoms with E-state index in [1.54, 1.807) is 27.2 Å². The second-order valence-electron chi connectivity index (χ2n) is 6.58. The minimum Gasteiger partial charge on any atom is -0.497 e. The van der Waals surface area contributed by atoms with Crippen molar-refractivity contribution in [2.24, 2.45) is 0 Å². The summed E-state index contributed by atoms with van der Waals surface area (Å²) in [5.41, 5.74) is 1.56. The number of methoxy groups -OCH3 is 2. The zero-order chi connectivity index (χ0) is 19.9. The van der Waals surface area contributed by atoms with E-state index in [0.717, 1.165) is 24.5 Å². The number of amides is 1. The summed E-state index contributed by atoms with van der Waals surface area (Å²) in [5, 5.41) is 3.16. The van der Waals surface area contributed by atoms with Crippen LogP contribution in [0.5, 0.6) is 5.75 Å². The fourth-order valence-corrected chi connectivity index (χ4v) is 3.17. The first kappa shape index (κ1) is 19.9. The minimum atomic E-state index is -0.0605. The lowest BCUT2D eigenvalue weighted by atomic mass is 10.2. The Morgan fingerprint density at radius 2 is 1.82 bits per heavy atom. The highest BCUT2D eigenvalue weighted by molar-refractivity contribution is 5.93. The first-order valence-corrected chi connectivity index (χ1v) is 9.37. The second-order valence-corrected chi connectivity index (χ2v) is 6.58. The molecule has 2 heterocycles. The number of nitrogens with zero attached hydrogens (tertiary/aromatic N) is 4. The number of piperazine rings is 1. The Morgan fingerprint density at radius 3 is 2.46 bits per heavy atom. The van der Waals surface area contributed by atoms with Crippen molar-refractivity contribution in [1.29, 1.82) is 0 Å². The molecule has 150 valence electrons. The summed E-state index contributed by atoms with van der Waals surface area (Å²) >= 11 is 0. The van der Waals surface area contributed by atoms with Crippen LogP contribution in [-0.2, 0) is 4.74 Å². The third kappa shape index (κ3) is 4.89. The summed E-state index contributed by atoms with van der Waals surface area (Å²) in [4.78, 5) is 25.7. The predicted octanol–water partition coefficient (Wildman–Crippen LogP) is 1.81. The zero-order valence-corrected chi connectivity index (χ0v) is 16.6. The smallest absolute Gasteiger partial charge is 0.272 e. The van der Waals surface area contributed by atoms with Gasteiger partial charge in [-0.3, -0.25) is 4.79 Å². The van der Waals surface area contributed by atoms with Crippen molar-refractivity contribution in [1.82, 2.24) is 14.9 Å². The molecule has 0 radical (unpaired) electrons. The van der Waals surface area contributed by atoms with Gasteiger partial charge in [-0.25, -0.2) is 9.97 Å². The maximum absolute atomic E-state index is 12.9. The topological polar surface area (TPSA) is 79.8 Å². The Balaban J connectivity index is 1.61. The highest BCUT2D eigenvalue weighted by Gasteiger charge is 2.24. The van der Waals surface area contributed by atoms with Crippen molar-refractivity contribution in [3.05, 3.63) is 41.9 Å². The van der Waals surface area contributed by atoms with Gasteiger partial charge in [0.2, 0.25) is 0 Å². The monoisotopic (exact) mass is 385 g/mol. The number of rotatable bonds is 7. The lowest BCUT2D eigenvalue weighted by Crippen LogP contribution is -2.49. The van der Waals surface area contributed by atoms with Crippen LogP contribution in [0, 0.1) is 6.92 Å². The van der Waals surface area contributed by atoms with Gasteiger partial charge in [0.1, 0.15) is 23.1 Å². The van der Waals surface area contributed by atoms with Gasteiger partial charge in [-0.2, -0.15) is 0 Å². The van der Waals surface area contributed by atoms with Gasteiger partial charge >= 0.3 is 0 Å². The number of aromatic nitrogens is 2. The molecule has 0 aliphatic carbocycles. The fraction of sp³-hybridized carbons (Fsp3) is 0.450. The Morgan fingerprint density at radius 1 is 1.11 bits per heavy atom. The van der Waals surface area contributed by atoms with Gasteiger partial charge in [-0.05, 0) is 31.2 Å². The summed E-state index contributed by atoms with van der Waals surface area (Å²) in [5.74, 6) is 1.99. The van der Waals surface area contributed by atoms with Gasteiger partial charge in [-0.1, -0.05) is 0 Å². The molecule has 1 aromatic carbocycles. The van der Waals surface area contributed by atoms with Crippen LogP contribution in [-0.4, -0.2) is 74.3 Å². The number of carbonyl (C=O) groups excluding carboxylic acids is 1. The largest absolute Gasteiger partial charge is 0.497 e. The lowest BCUT2D eigenvalue weighted by molar-refractivity contribution is 0.0740. The van der Waals surface area contributed by atoms with Crippen LogP contribution in [0.25, 0.3) is 0 Å². The molecule has 3 rings (SSSR count).